The Hall–Kier alpha value is -1.76. The number of ether oxygens (including phenoxy) is 1. The zero-order valence-electron chi connectivity index (χ0n) is 12.7. The number of benzene rings is 1. The molecule has 0 bridgehead atoms. The van der Waals surface area contributed by atoms with Crippen molar-refractivity contribution in [2.45, 2.75) is 6.92 Å². The zero-order valence-corrected chi connectivity index (χ0v) is 14.2. The molecule has 0 radical (unpaired) electrons. The Morgan fingerprint density at radius 3 is 2.74 bits per heavy atom. The molecule has 6 nitrogen and oxygen atoms in total. The molecular weight excluding hydrogens is 343 g/mol. The molecule has 0 aromatic heterocycles. The highest BCUT2D eigenvalue weighted by Gasteiger charge is 2.34. The van der Waals surface area contributed by atoms with Gasteiger partial charge in [0.25, 0.3) is 5.91 Å². The maximum atomic E-state index is 12.4. The fourth-order valence-electron chi connectivity index (χ4n) is 2.27. The van der Waals surface area contributed by atoms with Gasteiger partial charge in [0.05, 0.1) is 35.9 Å². The van der Waals surface area contributed by atoms with E-state index in [0.29, 0.717) is 21.3 Å². The first-order valence-corrected chi connectivity index (χ1v) is 7.59. The number of hydrogen-bond donors (Lipinski definition) is 2. The average molecular weight is 359 g/mol. The fraction of sp³-hybridized carbons (Fsp3) is 0.333. The third kappa shape index (κ3) is 3.44. The van der Waals surface area contributed by atoms with E-state index in [9.17, 15) is 9.59 Å². The van der Waals surface area contributed by atoms with E-state index in [0.717, 1.165) is 0 Å². The summed E-state index contributed by atoms with van der Waals surface area (Å²) in [6, 6.07) is 3.27. The summed E-state index contributed by atoms with van der Waals surface area (Å²) in [4.78, 5) is 25.7. The number of carbonyl (C=O) groups is 2. The predicted octanol–water partition coefficient (Wildman–Crippen LogP) is 1.98. The van der Waals surface area contributed by atoms with Crippen molar-refractivity contribution in [3.05, 3.63) is 39.0 Å². The van der Waals surface area contributed by atoms with Crippen LogP contribution in [0.2, 0.25) is 10.0 Å². The van der Waals surface area contributed by atoms with Gasteiger partial charge in [-0.2, -0.15) is 0 Å². The van der Waals surface area contributed by atoms with Crippen LogP contribution in [0.25, 0.3) is 0 Å². The molecule has 0 atom stereocenters. The quantitative estimate of drug-likeness (QED) is 0.786. The molecule has 1 aliphatic heterocycles. The van der Waals surface area contributed by atoms with Crippen LogP contribution in [0.4, 0.5) is 5.69 Å². The van der Waals surface area contributed by atoms with Crippen LogP contribution in [0.3, 0.4) is 0 Å². The van der Waals surface area contributed by atoms with Gasteiger partial charge in [-0.05, 0) is 24.6 Å². The van der Waals surface area contributed by atoms with Crippen LogP contribution >= 0.6 is 23.2 Å². The number of esters is 1. The minimum Gasteiger partial charge on any atom is -0.466 e. The molecule has 1 aromatic carbocycles. The molecule has 124 valence electrons. The number of rotatable bonds is 5. The Kier molecular flexibility index (Phi) is 5.51. The highest BCUT2D eigenvalue weighted by atomic mass is 35.5. The van der Waals surface area contributed by atoms with Gasteiger partial charge >= 0.3 is 5.97 Å². The van der Waals surface area contributed by atoms with Crippen LogP contribution in [0.5, 0.6) is 0 Å². The molecule has 1 heterocycles. The Bertz CT molecular complexity index is 688. The summed E-state index contributed by atoms with van der Waals surface area (Å²) in [6.07, 6.45) is 0. The van der Waals surface area contributed by atoms with Gasteiger partial charge in [0, 0.05) is 12.2 Å². The number of aliphatic hydroxyl groups is 1. The van der Waals surface area contributed by atoms with Crippen molar-refractivity contribution in [2.75, 3.05) is 32.1 Å². The smallest absolute Gasteiger partial charge is 0.337 e. The highest BCUT2D eigenvalue weighted by Crippen LogP contribution is 2.32. The lowest BCUT2D eigenvalue weighted by Crippen LogP contribution is -2.31. The Labute approximate surface area is 143 Å². The van der Waals surface area contributed by atoms with E-state index in [4.69, 9.17) is 33.0 Å². The Morgan fingerprint density at radius 1 is 1.43 bits per heavy atom. The number of methoxy groups -OCH3 is 1. The average Bonchev–Trinajstić information content (AvgIpc) is 2.84. The second-order valence-corrected chi connectivity index (χ2v) is 5.74. The minimum absolute atomic E-state index is 0.0781. The molecule has 0 aliphatic carbocycles. The van der Waals surface area contributed by atoms with Crippen molar-refractivity contribution in [3.8, 4) is 0 Å². The predicted molar refractivity (Wildman–Crippen MR) is 87.5 cm³/mol. The third-order valence-corrected chi connectivity index (χ3v) is 4.45. The molecule has 2 N–H and O–H groups in total. The summed E-state index contributed by atoms with van der Waals surface area (Å²) in [5.41, 5.74) is 1.54. The second kappa shape index (κ2) is 7.21. The van der Waals surface area contributed by atoms with Crippen LogP contribution in [0, 0.1) is 6.92 Å². The van der Waals surface area contributed by atoms with Crippen molar-refractivity contribution in [3.63, 3.8) is 0 Å². The van der Waals surface area contributed by atoms with Crippen molar-refractivity contribution in [1.29, 1.82) is 0 Å². The first-order chi connectivity index (χ1) is 10.9. The van der Waals surface area contributed by atoms with Gasteiger partial charge in [0.15, 0.2) is 0 Å². The van der Waals surface area contributed by atoms with Crippen molar-refractivity contribution in [2.24, 2.45) is 0 Å². The number of aliphatic hydroxyl groups excluding tert-OH is 1. The van der Waals surface area contributed by atoms with Gasteiger partial charge < -0.3 is 20.1 Å². The number of nitrogens with one attached hydrogen (secondary N) is 1. The Morgan fingerprint density at radius 2 is 2.13 bits per heavy atom. The van der Waals surface area contributed by atoms with Crippen LogP contribution in [-0.4, -0.2) is 48.7 Å². The lowest BCUT2D eigenvalue weighted by Gasteiger charge is -2.16. The van der Waals surface area contributed by atoms with E-state index in [1.807, 2.05) is 0 Å². The van der Waals surface area contributed by atoms with Gasteiger partial charge in [-0.1, -0.05) is 23.2 Å². The maximum absolute atomic E-state index is 12.4. The molecule has 0 saturated carbocycles. The molecule has 1 aromatic rings. The number of halogens is 2. The summed E-state index contributed by atoms with van der Waals surface area (Å²) in [6.45, 7) is 1.76. The molecule has 0 spiro atoms. The molecule has 23 heavy (non-hydrogen) atoms. The molecule has 1 amide bonds. The van der Waals surface area contributed by atoms with Crippen molar-refractivity contribution in [1.82, 2.24) is 4.90 Å². The summed E-state index contributed by atoms with van der Waals surface area (Å²) in [5.74, 6) is -0.982. The monoisotopic (exact) mass is 358 g/mol. The van der Waals surface area contributed by atoms with Gasteiger partial charge in [-0.3, -0.25) is 4.79 Å². The third-order valence-electron chi connectivity index (χ3n) is 3.55. The Balaban J connectivity index is 2.39. The first kappa shape index (κ1) is 17.6. The number of nitrogens with zero attached hydrogens (tertiary/aromatic N) is 1. The van der Waals surface area contributed by atoms with Gasteiger partial charge in [-0.15, -0.1) is 0 Å². The fourth-order valence-corrected chi connectivity index (χ4v) is 2.64. The number of anilines is 1. The first-order valence-electron chi connectivity index (χ1n) is 6.84. The van der Waals surface area contributed by atoms with E-state index >= 15 is 0 Å². The molecule has 0 saturated heterocycles. The van der Waals surface area contributed by atoms with Gasteiger partial charge in [0.1, 0.15) is 5.70 Å². The van der Waals surface area contributed by atoms with Gasteiger partial charge in [0.2, 0.25) is 0 Å². The van der Waals surface area contributed by atoms with Crippen LogP contribution < -0.4 is 5.32 Å². The SMILES string of the molecule is COC(=O)C1=C(Nc2ccc(Cl)c(Cl)c2C)C(=O)N(CCO)C1. The summed E-state index contributed by atoms with van der Waals surface area (Å²) >= 11 is 12.0. The summed E-state index contributed by atoms with van der Waals surface area (Å²) in [7, 11) is 1.25. The van der Waals surface area contributed by atoms with E-state index in [2.05, 4.69) is 5.32 Å². The summed E-state index contributed by atoms with van der Waals surface area (Å²) in [5, 5.41) is 12.7. The normalized spacial score (nSPS) is 14.5. The lowest BCUT2D eigenvalue weighted by atomic mass is 10.1. The second-order valence-electron chi connectivity index (χ2n) is 4.95. The van der Waals surface area contributed by atoms with Crippen LogP contribution in [-0.2, 0) is 14.3 Å². The van der Waals surface area contributed by atoms with Crippen molar-refractivity contribution >= 4 is 40.8 Å². The topological polar surface area (TPSA) is 78.9 Å². The number of β-amino-alcohol motifs (C(OH)–C–C–N with tert-alkyl or cyclic N) is 1. The lowest BCUT2D eigenvalue weighted by molar-refractivity contribution is -0.136. The zero-order chi connectivity index (χ0) is 17.1. The largest absolute Gasteiger partial charge is 0.466 e. The van der Waals surface area contributed by atoms with E-state index in [-0.39, 0.29) is 36.9 Å². The van der Waals surface area contributed by atoms with E-state index in [1.165, 1.54) is 12.0 Å². The molecule has 0 unspecified atom stereocenters. The molecule has 2 rings (SSSR count). The number of amides is 1. The number of hydrogen-bond acceptors (Lipinski definition) is 5. The molecular formula is C15H16Cl2N2O4. The minimum atomic E-state index is -0.598. The maximum Gasteiger partial charge on any atom is 0.337 e. The van der Waals surface area contributed by atoms with Crippen LogP contribution in [0.1, 0.15) is 5.56 Å². The van der Waals surface area contributed by atoms with Crippen molar-refractivity contribution < 1.29 is 19.4 Å². The molecule has 8 heteroatoms. The van der Waals surface area contributed by atoms with E-state index in [1.54, 1.807) is 19.1 Å². The van der Waals surface area contributed by atoms with Crippen LogP contribution in [0.15, 0.2) is 23.4 Å². The molecule has 1 aliphatic rings. The highest BCUT2D eigenvalue weighted by molar-refractivity contribution is 6.42. The summed E-state index contributed by atoms with van der Waals surface area (Å²) < 4.78 is 4.72. The standard InChI is InChI=1S/C15H16Cl2N2O4/c1-8-11(4-3-10(16)12(8)17)18-13-9(15(22)23-2)7-19(5-6-20)14(13)21/h3-4,18,20H,5-7H2,1-2H3. The van der Waals surface area contributed by atoms with E-state index < -0.39 is 5.97 Å². The van der Waals surface area contributed by atoms with Gasteiger partial charge in [-0.25, -0.2) is 4.79 Å². The molecule has 0 fully saturated rings. The number of carbonyl (C=O) groups excluding carboxylic acids is 2.